The highest BCUT2D eigenvalue weighted by Crippen LogP contribution is 2.24. The number of ether oxygens (including phenoxy) is 1. The summed E-state index contributed by atoms with van der Waals surface area (Å²) in [6.45, 7) is 2.60. The number of pyridine rings is 1. The van der Waals surface area contributed by atoms with E-state index in [-0.39, 0.29) is 0 Å². The Morgan fingerprint density at radius 1 is 1.24 bits per heavy atom. The van der Waals surface area contributed by atoms with E-state index < -0.39 is 0 Å². The highest BCUT2D eigenvalue weighted by Gasteiger charge is 2.03. The van der Waals surface area contributed by atoms with Gasteiger partial charge in [0.25, 0.3) is 0 Å². The highest BCUT2D eigenvalue weighted by atomic mass is 16.5. The number of aromatic nitrogens is 1. The van der Waals surface area contributed by atoms with Gasteiger partial charge in [-0.2, -0.15) is 0 Å². The Labute approximate surface area is 101 Å². The average molecular weight is 228 g/mol. The van der Waals surface area contributed by atoms with Gasteiger partial charge in [-0.3, -0.25) is 0 Å². The minimum Gasteiger partial charge on any atom is -0.439 e. The molecule has 0 amide bonds. The van der Waals surface area contributed by atoms with Crippen LogP contribution >= 0.6 is 0 Å². The van der Waals surface area contributed by atoms with Crippen molar-refractivity contribution < 1.29 is 4.74 Å². The molecule has 3 heteroatoms. The molecule has 3 nitrogen and oxygen atoms in total. The van der Waals surface area contributed by atoms with Gasteiger partial charge in [0, 0.05) is 18.8 Å². The van der Waals surface area contributed by atoms with Crippen molar-refractivity contribution in [2.24, 2.45) is 5.73 Å². The number of aryl methyl sites for hydroxylation is 1. The lowest BCUT2D eigenvalue weighted by Crippen LogP contribution is -1.98. The monoisotopic (exact) mass is 228 g/mol. The lowest BCUT2D eigenvalue weighted by molar-refractivity contribution is 0.457. The molecule has 0 spiro atoms. The summed E-state index contributed by atoms with van der Waals surface area (Å²) < 4.78 is 5.78. The number of hydrogen-bond acceptors (Lipinski definition) is 3. The molecule has 0 radical (unpaired) electrons. The van der Waals surface area contributed by atoms with Crippen LogP contribution in [0.15, 0.2) is 42.6 Å². The predicted octanol–water partition coefficient (Wildman–Crippen LogP) is 2.90. The van der Waals surface area contributed by atoms with Crippen molar-refractivity contribution >= 4 is 0 Å². The van der Waals surface area contributed by atoms with Crippen molar-refractivity contribution in [3.05, 3.63) is 53.7 Å². The molecule has 0 unspecified atom stereocenters. The van der Waals surface area contributed by atoms with Crippen molar-refractivity contribution in [2.45, 2.75) is 19.9 Å². The fourth-order valence-corrected chi connectivity index (χ4v) is 1.64. The minimum absolute atomic E-state index is 0.494. The quantitative estimate of drug-likeness (QED) is 0.875. The number of nitrogens with zero attached hydrogens (tertiary/aromatic N) is 1. The van der Waals surface area contributed by atoms with Gasteiger partial charge in [-0.05, 0) is 29.7 Å². The van der Waals surface area contributed by atoms with Crippen molar-refractivity contribution in [1.29, 1.82) is 0 Å². The molecule has 0 bridgehead atoms. The summed E-state index contributed by atoms with van der Waals surface area (Å²) in [5, 5.41) is 0. The van der Waals surface area contributed by atoms with Crippen molar-refractivity contribution in [3.63, 3.8) is 0 Å². The molecular formula is C14H16N2O. The van der Waals surface area contributed by atoms with Gasteiger partial charge in [0.1, 0.15) is 5.75 Å². The zero-order valence-electron chi connectivity index (χ0n) is 9.89. The number of hydrogen-bond donors (Lipinski definition) is 1. The third-order valence-electron chi connectivity index (χ3n) is 2.60. The van der Waals surface area contributed by atoms with Gasteiger partial charge in [0.15, 0.2) is 0 Å². The Hall–Kier alpha value is -1.87. The molecular weight excluding hydrogens is 212 g/mol. The molecule has 1 aromatic carbocycles. The van der Waals surface area contributed by atoms with Gasteiger partial charge in [-0.1, -0.05) is 25.1 Å². The molecule has 0 saturated carbocycles. The smallest absolute Gasteiger partial charge is 0.219 e. The van der Waals surface area contributed by atoms with Gasteiger partial charge >= 0.3 is 0 Å². The van der Waals surface area contributed by atoms with Gasteiger partial charge in [-0.15, -0.1) is 0 Å². The summed E-state index contributed by atoms with van der Waals surface area (Å²) in [6.07, 6.45) is 2.65. The maximum atomic E-state index is 5.78. The fourth-order valence-electron chi connectivity index (χ4n) is 1.64. The van der Waals surface area contributed by atoms with Crippen molar-refractivity contribution in [1.82, 2.24) is 4.98 Å². The average Bonchev–Trinajstić information content (AvgIpc) is 2.39. The van der Waals surface area contributed by atoms with Crippen molar-refractivity contribution in [2.75, 3.05) is 0 Å². The van der Waals surface area contributed by atoms with E-state index in [1.54, 1.807) is 6.20 Å². The van der Waals surface area contributed by atoms with E-state index in [1.807, 2.05) is 30.3 Å². The Bertz CT molecular complexity index is 497. The van der Waals surface area contributed by atoms with E-state index in [4.69, 9.17) is 10.5 Å². The first-order valence-electron chi connectivity index (χ1n) is 5.74. The summed E-state index contributed by atoms with van der Waals surface area (Å²) in [4.78, 5) is 4.18. The Balaban J connectivity index is 2.24. The minimum atomic E-state index is 0.494. The molecule has 0 atom stereocenters. The zero-order chi connectivity index (χ0) is 12.1. The standard InChI is InChI=1S/C14H16N2O/c1-2-12-5-3-4-6-13(12)17-14-9-11(10-15)7-8-16-14/h3-9H,2,10,15H2,1H3. The van der Waals surface area contributed by atoms with Crippen LogP contribution in [-0.2, 0) is 13.0 Å². The second kappa shape index (κ2) is 5.46. The normalized spacial score (nSPS) is 10.2. The summed E-state index contributed by atoms with van der Waals surface area (Å²) in [5.41, 5.74) is 7.78. The maximum Gasteiger partial charge on any atom is 0.219 e. The second-order valence-electron chi connectivity index (χ2n) is 3.77. The molecule has 0 aliphatic heterocycles. The van der Waals surface area contributed by atoms with E-state index >= 15 is 0 Å². The first-order chi connectivity index (χ1) is 8.33. The second-order valence-corrected chi connectivity index (χ2v) is 3.77. The molecule has 0 aliphatic rings. The van der Waals surface area contributed by atoms with Crippen LogP contribution in [0.1, 0.15) is 18.1 Å². The third-order valence-corrected chi connectivity index (χ3v) is 2.60. The Morgan fingerprint density at radius 2 is 2.06 bits per heavy atom. The molecule has 1 aromatic heterocycles. The van der Waals surface area contributed by atoms with E-state index in [0.717, 1.165) is 17.7 Å². The van der Waals surface area contributed by atoms with Crippen LogP contribution in [-0.4, -0.2) is 4.98 Å². The zero-order valence-corrected chi connectivity index (χ0v) is 9.89. The van der Waals surface area contributed by atoms with Gasteiger partial charge in [0.2, 0.25) is 5.88 Å². The van der Waals surface area contributed by atoms with Crippen LogP contribution in [0.25, 0.3) is 0 Å². The van der Waals surface area contributed by atoms with E-state index in [1.165, 1.54) is 5.56 Å². The number of nitrogens with two attached hydrogens (primary N) is 1. The van der Waals surface area contributed by atoms with Gasteiger partial charge in [0.05, 0.1) is 0 Å². The Morgan fingerprint density at radius 3 is 2.82 bits per heavy atom. The Kier molecular flexibility index (Phi) is 3.73. The lowest BCUT2D eigenvalue weighted by Gasteiger charge is -2.09. The van der Waals surface area contributed by atoms with E-state index in [9.17, 15) is 0 Å². The summed E-state index contributed by atoms with van der Waals surface area (Å²) in [6, 6.07) is 11.7. The summed E-state index contributed by atoms with van der Waals surface area (Å²) in [5.74, 6) is 1.45. The molecule has 0 saturated heterocycles. The van der Waals surface area contributed by atoms with Crippen LogP contribution in [0.3, 0.4) is 0 Å². The predicted molar refractivity (Wildman–Crippen MR) is 68.0 cm³/mol. The third kappa shape index (κ3) is 2.82. The number of para-hydroxylation sites is 1. The van der Waals surface area contributed by atoms with E-state index in [0.29, 0.717) is 12.4 Å². The largest absolute Gasteiger partial charge is 0.439 e. The summed E-state index contributed by atoms with van der Waals surface area (Å²) >= 11 is 0. The molecule has 2 rings (SSSR count). The lowest BCUT2D eigenvalue weighted by atomic mass is 10.1. The maximum absolute atomic E-state index is 5.78. The van der Waals surface area contributed by atoms with Crippen LogP contribution in [0, 0.1) is 0 Å². The SMILES string of the molecule is CCc1ccccc1Oc1cc(CN)ccn1. The van der Waals surface area contributed by atoms with Crippen LogP contribution in [0.5, 0.6) is 11.6 Å². The van der Waals surface area contributed by atoms with E-state index in [2.05, 4.69) is 18.0 Å². The van der Waals surface area contributed by atoms with Crippen LogP contribution in [0.4, 0.5) is 0 Å². The fraction of sp³-hybridized carbons (Fsp3) is 0.214. The topological polar surface area (TPSA) is 48.1 Å². The molecule has 88 valence electrons. The van der Waals surface area contributed by atoms with Gasteiger partial charge < -0.3 is 10.5 Å². The first kappa shape index (κ1) is 11.6. The van der Waals surface area contributed by atoms with Crippen LogP contribution < -0.4 is 10.5 Å². The summed E-state index contributed by atoms with van der Waals surface area (Å²) in [7, 11) is 0. The van der Waals surface area contributed by atoms with Gasteiger partial charge in [-0.25, -0.2) is 4.98 Å². The molecule has 2 aromatic rings. The molecule has 0 fully saturated rings. The molecule has 1 heterocycles. The first-order valence-corrected chi connectivity index (χ1v) is 5.74. The molecule has 17 heavy (non-hydrogen) atoms. The van der Waals surface area contributed by atoms with Crippen LogP contribution in [0.2, 0.25) is 0 Å². The highest BCUT2D eigenvalue weighted by molar-refractivity contribution is 5.36. The van der Waals surface area contributed by atoms with Crippen molar-refractivity contribution in [3.8, 4) is 11.6 Å². The number of benzene rings is 1. The molecule has 0 aliphatic carbocycles. The number of rotatable bonds is 4. The molecule has 2 N–H and O–H groups in total.